The van der Waals surface area contributed by atoms with Crippen molar-refractivity contribution in [2.75, 3.05) is 23.3 Å². The Balaban J connectivity index is 1.39. The van der Waals surface area contributed by atoms with Gasteiger partial charge in [-0.2, -0.15) is 10.1 Å². The Labute approximate surface area is 184 Å². The number of amides is 1. The number of anilines is 2. The molecule has 1 saturated heterocycles. The van der Waals surface area contributed by atoms with Gasteiger partial charge in [0.2, 0.25) is 5.91 Å². The minimum Gasteiger partial charge on any atom is -0.355 e. The van der Waals surface area contributed by atoms with E-state index < -0.39 is 0 Å². The van der Waals surface area contributed by atoms with Crippen LogP contribution in [0, 0.1) is 12.8 Å². The normalized spacial score (nSPS) is 16.4. The van der Waals surface area contributed by atoms with Crippen LogP contribution in [0.5, 0.6) is 0 Å². The average Bonchev–Trinajstić information content (AvgIpc) is 3.49. The number of aromatic nitrogens is 6. The van der Waals surface area contributed by atoms with Crippen molar-refractivity contribution < 1.29 is 9.32 Å². The highest BCUT2D eigenvalue weighted by atomic mass is 16.5. The van der Waals surface area contributed by atoms with Crippen LogP contribution in [0.15, 0.2) is 35.1 Å². The molecule has 0 saturated carbocycles. The van der Waals surface area contributed by atoms with E-state index in [9.17, 15) is 4.79 Å². The minimum absolute atomic E-state index is 0.0183. The number of aromatic amines is 1. The van der Waals surface area contributed by atoms with Gasteiger partial charge < -0.3 is 14.7 Å². The molecule has 0 radical (unpaired) electrons. The molecule has 5 rings (SSSR count). The molecule has 3 aromatic heterocycles. The summed E-state index contributed by atoms with van der Waals surface area (Å²) in [5, 5.41) is 15.1. The van der Waals surface area contributed by atoms with Gasteiger partial charge >= 0.3 is 0 Å². The summed E-state index contributed by atoms with van der Waals surface area (Å²) in [5.41, 5.74) is 2.25. The Morgan fingerprint density at radius 3 is 3.06 bits per heavy atom. The lowest BCUT2D eigenvalue weighted by Crippen LogP contribution is -2.41. The van der Waals surface area contributed by atoms with Crippen molar-refractivity contribution >= 4 is 28.3 Å². The number of hydrogen-bond acceptors (Lipinski definition) is 8. The van der Waals surface area contributed by atoms with Crippen LogP contribution in [0.2, 0.25) is 0 Å². The van der Waals surface area contributed by atoms with E-state index in [1.807, 2.05) is 32.0 Å². The Kier molecular flexibility index (Phi) is 5.26. The molecule has 1 atom stereocenters. The van der Waals surface area contributed by atoms with Crippen LogP contribution in [0.25, 0.3) is 22.4 Å². The molecule has 0 bridgehead atoms. The zero-order valence-corrected chi connectivity index (χ0v) is 18.0. The Hall–Kier alpha value is -3.82. The number of piperidine rings is 1. The maximum atomic E-state index is 13.1. The summed E-state index contributed by atoms with van der Waals surface area (Å²) in [7, 11) is 0. The second-order valence-electron chi connectivity index (χ2n) is 7.94. The quantitative estimate of drug-likeness (QED) is 0.493. The number of carbonyl (C=O) groups is 1. The molecule has 1 aliphatic rings. The molecule has 1 aliphatic heterocycles. The minimum atomic E-state index is -0.182. The fourth-order valence-electron chi connectivity index (χ4n) is 4.05. The van der Waals surface area contributed by atoms with Gasteiger partial charge in [0.15, 0.2) is 5.82 Å². The number of rotatable bonds is 5. The number of benzene rings is 1. The van der Waals surface area contributed by atoms with Crippen molar-refractivity contribution in [1.29, 1.82) is 0 Å². The summed E-state index contributed by atoms with van der Waals surface area (Å²) in [6, 6.07) is 5.74. The number of H-pyrrole nitrogens is 1. The zero-order valence-electron chi connectivity index (χ0n) is 18.0. The van der Waals surface area contributed by atoms with Gasteiger partial charge in [0.1, 0.15) is 17.2 Å². The third-order valence-corrected chi connectivity index (χ3v) is 5.73. The van der Waals surface area contributed by atoms with Gasteiger partial charge in [-0.3, -0.25) is 9.89 Å². The van der Waals surface area contributed by atoms with E-state index in [1.54, 1.807) is 12.4 Å². The maximum Gasteiger partial charge on any atom is 0.263 e. The highest BCUT2D eigenvalue weighted by Gasteiger charge is 2.29. The molecular formula is C22H24N8O2. The monoisotopic (exact) mass is 432 g/mol. The summed E-state index contributed by atoms with van der Waals surface area (Å²) in [4.78, 5) is 28.7. The average molecular weight is 432 g/mol. The van der Waals surface area contributed by atoms with Crippen molar-refractivity contribution in [2.24, 2.45) is 5.92 Å². The van der Waals surface area contributed by atoms with E-state index in [-0.39, 0.29) is 11.8 Å². The van der Waals surface area contributed by atoms with E-state index in [4.69, 9.17) is 4.52 Å². The van der Waals surface area contributed by atoms with Crippen LogP contribution in [-0.2, 0) is 11.2 Å². The fourth-order valence-corrected chi connectivity index (χ4v) is 4.05. The van der Waals surface area contributed by atoms with E-state index in [0.717, 1.165) is 41.8 Å². The topological polar surface area (TPSA) is 126 Å². The predicted octanol–water partition coefficient (Wildman–Crippen LogP) is 3.13. The van der Waals surface area contributed by atoms with Crippen LogP contribution >= 0.6 is 0 Å². The lowest BCUT2D eigenvalue weighted by molar-refractivity contribution is -0.120. The van der Waals surface area contributed by atoms with Gasteiger partial charge in [0, 0.05) is 31.1 Å². The first kappa shape index (κ1) is 20.1. The summed E-state index contributed by atoms with van der Waals surface area (Å²) < 4.78 is 5.44. The highest BCUT2D eigenvalue weighted by Crippen LogP contribution is 2.31. The van der Waals surface area contributed by atoms with Crippen molar-refractivity contribution in [1.82, 2.24) is 30.3 Å². The number of nitrogens with one attached hydrogen (secondary N) is 2. The van der Waals surface area contributed by atoms with Crippen molar-refractivity contribution in [2.45, 2.75) is 33.1 Å². The molecule has 164 valence electrons. The van der Waals surface area contributed by atoms with E-state index in [0.29, 0.717) is 36.1 Å². The number of para-hydroxylation sites is 1. The van der Waals surface area contributed by atoms with Gasteiger partial charge in [-0.1, -0.05) is 24.2 Å². The lowest BCUT2D eigenvalue weighted by atomic mass is 9.96. The number of nitrogens with zero attached hydrogens (tertiary/aromatic N) is 6. The van der Waals surface area contributed by atoms with Crippen LogP contribution in [-0.4, -0.2) is 49.3 Å². The summed E-state index contributed by atoms with van der Waals surface area (Å²) in [6.45, 7) is 5.15. The first-order valence-corrected chi connectivity index (χ1v) is 10.8. The highest BCUT2D eigenvalue weighted by molar-refractivity contribution is 6.01. The van der Waals surface area contributed by atoms with Gasteiger partial charge in [0.05, 0.1) is 23.3 Å². The first-order chi connectivity index (χ1) is 15.6. The summed E-state index contributed by atoms with van der Waals surface area (Å²) in [6.07, 6.45) is 5.82. The smallest absolute Gasteiger partial charge is 0.263 e. The van der Waals surface area contributed by atoms with Crippen molar-refractivity contribution in [3.8, 4) is 11.5 Å². The largest absolute Gasteiger partial charge is 0.355 e. The Morgan fingerprint density at radius 2 is 2.22 bits per heavy atom. The SMILES string of the molecule is CCc1noc(-c2cnc(C)nc2N2CCCC(C(=O)Nc3cccc4cn[nH]c34)C2)n1. The van der Waals surface area contributed by atoms with Gasteiger partial charge in [-0.25, -0.2) is 9.97 Å². The summed E-state index contributed by atoms with van der Waals surface area (Å²) >= 11 is 0. The van der Waals surface area contributed by atoms with E-state index in [2.05, 4.69) is 40.5 Å². The molecule has 32 heavy (non-hydrogen) atoms. The lowest BCUT2D eigenvalue weighted by Gasteiger charge is -2.33. The number of aryl methyl sites for hydroxylation is 2. The number of hydrogen-bond donors (Lipinski definition) is 2. The van der Waals surface area contributed by atoms with Crippen LogP contribution < -0.4 is 10.2 Å². The molecular weight excluding hydrogens is 408 g/mol. The van der Waals surface area contributed by atoms with Gasteiger partial charge in [-0.15, -0.1) is 0 Å². The van der Waals surface area contributed by atoms with E-state index >= 15 is 0 Å². The number of carbonyl (C=O) groups excluding carboxylic acids is 1. The third kappa shape index (κ3) is 3.79. The Morgan fingerprint density at radius 1 is 1.31 bits per heavy atom. The molecule has 4 heterocycles. The van der Waals surface area contributed by atoms with Crippen LogP contribution in [0.1, 0.15) is 31.4 Å². The predicted molar refractivity (Wildman–Crippen MR) is 119 cm³/mol. The molecule has 1 aromatic carbocycles. The maximum absolute atomic E-state index is 13.1. The zero-order chi connectivity index (χ0) is 22.1. The van der Waals surface area contributed by atoms with Crippen molar-refractivity contribution in [3.63, 3.8) is 0 Å². The van der Waals surface area contributed by atoms with Crippen LogP contribution in [0.3, 0.4) is 0 Å². The Bertz CT molecular complexity index is 1260. The standard InChI is InChI=1S/C22H24N8O2/c1-3-18-27-22(32-29-18)16-11-23-13(2)25-20(16)30-9-5-7-15(12-30)21(31)26-17-8-4-6-14-10-24-28-19(14)17/h4,6,8,10-11,15H,3,5,7,9,12H2,1-2H3,(H,24,28)(H,26,31). The molecule has 10 nitrogen and oxygen atoms in total. The van der Waals surface area contributed by atoms with Gasteiger partial charge in [-0.05, 0) is 25.8 Å². The summed E-state index contributed by atoms with van der Waals surface area (Å²) in [5.74, 6) is 2.20. The molecule has 1 fully saturated rings. The molecule has 2 N–H and O–H groups in total. The molecule has 1 unspecified atom stereocenters. The molecule has 4 aromatic rings. The van der Waals surface area contributed by atoms with E-state index in [1.165, 1.54) is 0 Å². The second-order valence-corrected chi connectivity index (χ2v) is 7.94. The molecule has 10 heteroatoms. The second kappa shape index (κ2) is 8.37. The first-order valence-electron chi connectivity index (χ1n) is 10.8. The molecule has 0 aliphatic carbocycles. The van der Waals surface area contributed by atoms with Gasteiger partial charge in [0.25, 0.3) is 5.89 Å². The molecule has 0 spiro atoms. The van der Waals surface area contributed by atoms with Crippen LogP contribution in [0.4, 0.5) is 11.5 Å². The van der Waals surface area contributed by atoms with Crippen molar-refractivity contribution in [3.05, 3.63) is 42.2 Å². The third-order valence-electron chi connectivity index (χ3n) is 5.73. The molecule has 1 amide bonds. The number of fused-ring (bicyclic) bond motifs is 1. The fraction of sp³-hybridized carbons (Fsp3) is 0.364.